The molecule has 3 amide bonds. The summed E-state index contributed by atoms with van der Waals surface area (Å²) in [6, 6.07) is 13.4. The fraction of sp³-hybridized carbons (Fsp3) is 0.500. The molecule has 2 rings (SSSR count). The van der Waals surface area contributed by atoms with E-state index >= 15 is 0 Å². The van der Waals surface area contributed by atoms with E-state index in [9.17, 15) is 14.4 Å². The summed E-state index contributed by atoms with van der Waals surface area (Å²) >= 11 is 0. The molecule has 2 aromatic carbocycles. The third-order valence-electron chi connectivity index (χ3n) is 6.04. The maximum absolute atomic E-state index is 13.9. The van der Waals surface area contributed by atoms with E-state index in [1.165, 1.54) is 0 Å². The van der Waals surface area contributed by atoms with Gasteiger partial charge < -0.3 is 20.3 Å². The first kappa shape index (κ1) is 29.9. The second kappa shape index (κ2) is 13.8. The first-order valence-electron chi connectivity index (χ1n) is 13.2. The van der Waals surface area contributed by atoms with Crippen LogP contribution in [0.4, 0.5) is 10.5 Å². The van der Waals surface area contributed by atoms with Gasteiger partial charge in [0.25, 0.3) is 5.91 Å². The predicted molar refractivity (Wildman–Crippen MR) is 148 cm³/mol. The predicted octanol–water partition coefficient (Wildman–Crippen LogP) is 6.31. The largest absolute Gasteiger partial charge is 0.444 e. The summed E-state index contributed by atoms with van der Waals surface area (Å²) in [5.74, 6) is -0.634. The Labute approximate surface area is 222 Å². The van der Waals surface area contributed by atoms with Crippen LogP contribution in [0.5, 0.6) is 0 Å². The van der Waals surface area contributed by atoms with Crippen molar-refractivity contribution in [1.82, 2.24) is 10.2 Å². The van der Waals surface area contributed by atoms with Crippen molar-refractivity contribution in [3.8, 4) is 0 Å². The zero-order valence-electron chi connectivity index (χ0n) is 23.4. The number of hydrogen-bond acceptors (Lipinski definition) is 4. The highest BCUT2D eigenvalue weighted by Gasteiger charge is 2.34. The number of hydrogen-bond donors (Lipinski definition) is 2. The second-order valence-electron chi connectivity index (χ2n) is 10.5. The average Bonchev–Trinajstić information content (AvgIpc) is 2.82. The number of benzene rings is 2. The summed E-state index contributed by atoms with van der Waals surface area (Å²) in [5, 5.41) is 5.73. The SMILES string of the molecule is CCCCCCN(C(=O)C(C)NC(=O)OC(C)(C)C)C(C(=O)Nc1c(C)cccc1C)c1ccccc1. The fourth-order valence-corrected chi connectivity index (χ4v) is 4.18. The number of alkyl carbamates (subject to hydrolysis) is 1. The third kappa shape index (κ3) is 9.23. The van der Waals surface area contributed by atoms with Gasteiger partial charge in [0.05, 0.1) is 0 Å². The molecule has 0 saturated carbocycles. The van der Waals surface area contributed by atoms with Crippen molar-refractivity contribution in [2.24, 2.45) is 0 Å². The molecule has 37 heavy (non-hydrogen) atoms. The Morgan fingerprint density at radius 1 is 0.919 bits per heavy atom. The topological polar surface area (TPSA) is 87.7 Å². The molecule has 0 bridgehead atoms. The van der Waals surface area contributed by atoms with E-state index in [2.05, 4.69) is 17.6 Å². The zero-order chi connectivity index (χ0) is 27.6. The first-order chi connectivity index (χ1) is 17.4. The van der Waals surface area contributed by atoms with Gasteiger partial charge in [0, 0.05) is 12.2 Å². The maximum atomic E-state index is 13.9. The summed E-state index contributed by atoms with van der Waals surface area (Å²) in [6.45, 7) is 13.3. The van der Waals surface area contributed by atoms with Crippen molar-refractivity contribution >= 4 is 23.6 Å². The van der Waals surface area contributed by atoms with E-state index in [4.69, 9.17) is 4.74 Å². The van der Waals surface area contributed by atoms with Gasteiger partial charge in [-0.2, -0.15) is 0 Å². The lowest BCUT2D eigenvalue weighted by Gasteiger charge is -2.34. The van der Waals surface area contributed by atoms with E-state index in [1.807, 2.05) is 62.4 Å². The molecule has 0 aliphatic carbocycles. The summed E-state index contributed by atoms with van der Waals surface area (Å²) in [6.07, 6.45) is 3.11. The Balaban J connectivity index is 2.42. The van der Waals surface area contributed by atoms with Gasteiger partial charge in [0.1, 0.15) is 17.7 Å². The normalized spacial score (nSPS) is 12.8. The first-order valence-corrected chi connectivity index (χ1v) is 13.2. The monoisotopic (exact) mass is 509 g/mol. The van der Waals surface area contributed by atoms with Crippen molar-refractivity contribution in [3.63, 3.8) is 0 Å². The Morgan fingerprint density at radius 3 is 2.11 bits per heavy atom. The highest BCUT2D eigenvalue weighted by Crippen LogP contribution is 2.27. The molecule has 7 heteroatoms. The van der Waals surface area contributed by atoms with Crippen LogP contribution in [0.2, 0.25) is 0 Å². The minimum Gasteiger partial charge on any atom is -0.444 e. The minimum absolute atomic E-state index is 0.295. The number of amides is 3. The quantitative estimate of drug-likeness (QED) is 0.348. The van der Waals surface area contributed by atoms with Gasteiger partial charge in [-0.05, 0) is 64.7 Å². The molecule has 0 aliphatic heterocycles. The van der Waals surface area contributed by atoms with Crippen LogP contribution < -0.4 is 10.6 Å². The number of anilines is 1. The molecule has 7 nitrogen and oxygen atoms in total. The highest BCUT2D eigenvalue weighted by atomic mass is 16.6. The van der Waals surface area contributed by atoms with Crippen LogP contribution in [0.3, 0.4) is 0 Å². The van der Waals surface area contributed by atoms with Gasteiger partial charge in [0.15, 0.2) is 0 Å². The van der Waals surface area contributed by atoms with E-state index in [0.717, 1.165) is 42.5 Å². The fourth-order valence-electron chi connectivity index (χ4n) is 4.18. The summed E-state index contributed by atoms with van der Waals surface area (Å²) < 4.78 is 5.35. The van der Waals surface area contributed by atoms with E-state index in [0.29, 0.717) is 12.1 Å². The zero-order valence-corrected chi connectivity index (χ0v) is 23.4. The molecule has 0 heterocycles. The van der Waals surface area contributed by atoms with Gasteiger partial charge in [0.2, 0.25) is 5.91 Å². The number of para-hydroxylation sites is 1. The molecule has 0 fully saturated rings. The number of rotatable bonds is 11. The summed E-state index contributed by atoms with van der Waals surface area (Å²) in [7, 11) is 0. The Kier molecular flexibility index (Phi) is 11.2. The molecule has 2 N–H and O–H groups in total. The molecule has 0 aliphatic rings. The molecule has 2 unspecified atom stereocenters. The summed E-state index contributed by atoms with van der Waals surface area (Å²) in [5.41, 5.74) is 2.65. The van der Waals surface area contributed by atoms with Gasteiger partial charge in [-0.25, -0.2) is 4.79 Å². The van der Waals surface area contributed by atoms with Crippen LogP contribution in [0.25, 0.3) is 0 Å². The smallest absolute Gasteiger partial charge is 0.408 e. The number of carbonyl (C=O) groups excluding carboxylic acids is 3. The number of nitrogens with zero attached hydrogens (tertiary/aromatic N) is 1. The van der Waals surface area contributed by atoms with Gasteiger partial charge in [-0.15, -0.1) is 0 Å². The van der Waals surface area contributed by atoms with Crippen molar-refractivity contribution in [2.45, 2.75) is 91.8 Å². The lowest BCUT2D eigenvalue weighted by molar-refractivity contribution is -0.140. The molecular weight excluding hydrogens is 466 g/mol. The Hall–Kier alpha value is -3.35. The third-order valence-corrected chi connectivity index (χ3v) is 6.04. The van der Waals surface area contributed by atoms with Crippen molar-refractivity contribution in [2.75, 3.05) is 11.9 Å². The average molecular weight is 510 g/mol. The van der Waals surface area contributed by atoms with Crippen molar-refractivity contribution in [1.29, 1.82) is 0 Å². The second-order valence-corrected chi connectivity index (χ2v) is 10.5. The lowest BCUT2D eigenvalue weighted by Crippen LogP contribution is -2.51. The minimum atomic E-state index is -0.875. The van der Waals surface area contributed by atoms with E-state index in [1.54, 1.807) is 32.6 Å². The summed E-state index contributed by atoms with van der Waals surface area (Å²) in [4.78, 5) is 41.7. The molecule has 0 saturated heterocycles. The number of aryl methyl sites for hydroxylation is 2. The molecule has 202 valence electrons. The Bertz CT molecular complexity index is 1030. The standard InChI is InChI=1S/C30H43N3O4/c1-8-9-10-14-20-33(28(35)23(4)31-29(36)37-30(5,6)7)26(24-18-12-11-13-19-24)27(34)32-25-21(2)16-15-17-22(25)3/h11-13,15-19,23,26H,8-10,14,20H2,1-7H3,(H,31,36)(H,32,34). The van der Waals surface area contributed by atoms with Crippen LogP contribution >= 0.6 is 0 Å². The lowest BCUT2D eigenvalue weighted by atomic mass is 10.0. The Morgan fingerprint density at radius 2 is 1.54 bits per heavy atom. The molecular formula is C30H43N3O4. The van der Waals surface area contributed by atoms with Crippen molar-refractivity contribution < 1.29 is 19.1 Å². The van der Waals surface area contributed by atoms with Crippen LogP contribution in [-0.4, -0.2) is 41.0 Å². The number of carbonyl (C=O) groups is 3. The molecule has 2 atom stereocenters. The van der Waals surface area contributed by atoms with E-state index in [-0.39, 0.29) is 11.8 Å². The van der Waals surface area contributed by atoms with E-state index < -0.39 is 23.8 Å². The molecule has 2 aromatic rings. The van der Waals surface area contributed by atoms with Crippen LogP contribution in [0, 0.1) is 13.8 Å². The number of ether oxygens (including phenoxy) is 1. The number of nitrogens with one attached hydrogen (secondary N) is 2. The maximum Gasteiger partial charge on any atom is 0.408 e. The van der Waals surface area contributed by atoms with Gasteiger partial charge in [-0.3, -0.25) is 9.59 Å². The van der Waals surface area contributed by atoms with Gasteiger partial charge in [-0.1, -0.05) is 74.7 Å². The van der Waals surface area contributed by atoms with Gasteiger partial charge >= 0.3 is 6.09 Å². The number of unbranched alkanes of at least 4 members (excludes halogenated alkanes) is 3. The van der Waals surface area contributed by atoms with Crippen LogP contribution in [0.15, 0.2) is 48.5 Å². The highest BCUT2D eigenvalue weighted by molar-refractivity contribution is 5.99. The molecule has 0 spiro atoms. The molecule has 0 radical (unpaired) electrons. The van der Waals surface area contributed by atoms with Crippen LogP contribution in [-0.2, 0) is 14.3 Å². The molecule has 0 aromatic heterocycles. The van der Waals surface area contributed by atoms with Crippen LogP contribution in [0.1, 0.15) is 83.0 Å². The van der Waals surface area contributed by atoms with Crippen molar-refractivity contribution in [3.05, 3.63) is 65.2 Å².